The van der Waals surface area contributed by atoms with E-state index in [0.717, 1.165) is 18.5 Å². The number of amides is 1. The summed E-state index contributed by atoms with van der Waals surface area (Å²) in [7, 11) is 0. The number of aromatic nitrogens is 2. The second kappa shape index (κ2) is 3.96. The van der Waals surface area contributed by atoms with Gasteiger partial charge in [0.1, 0.15) is 5.82 Å². The molecule has 1 aliphatic heterocycles. The maximum absolute atomic E-state index is 10.9. The summed E-state index contributed by atoms with van der Waals surface area (Å²) in [6.07, 6.45) is 1.74. The Morgan fingerprint density at radius 3 is 2.63 bits per heavy atom. The summed E-state index contributed by atoms with van der Waals surface area (Å²) < 4.78 is 7.18. The minimum atomic E-state index is -1.06. The maximum atomic E-state index is 10.9. The largest absolute Gasteiger partial charge is 0.465 e. The van der Waals surface area contributed by atoms with Gasteiger partial charge in [-0.1, -0.05) is 0 Å². The molecule has 3 atom stereocenters. The molecule has 3 rings (SSSR count). The van der Waals surface area contributed by atoms with Gasteiger partial charge in [0.15, 0.2) is 0 Å². The van der Waals surface area contributed by atoms with E-state index in [1.54, 1.807) is 4.68 Å². The number of ether oxygens (including phenoxy) is 1. The summed E-state index contributed by atoms with van der Waals surface area (Å²) in [5.41, 5.74) is 0.711. The number of nitrogens with one attached hydrogen (secondary N) is 1. The lowest BCUT2D eigenvalue weighted by Gasteiger charge is -2.22. The number of fused-ring (bicyclic) bond motifs is 1. The van der Waals surface area contributed by atoms with Crippen LogP contribution in [-0.4, -0.2) is 33.2 Å². The molecule has 1 saturated heterocycles. The number of nitrogens with zero attached hydrogens (tertiary/aromatic N) is 2. The van der Waals surface area contributed by atoms with E-state index in [-0.39, 0.29) is 5.54 Å². The quantitative estimate of drug-likeness (QED) is 0.804. The highest BCUT2D eigenvalue weighted by atomic mass is 16.6. The minimum Gasteiger partial charge on any atom is -0.465 e. The van der Waals surface area contributed by atoms with Crippen LogP contribution >= 0.6 is 0 Å². The third kappa shape index (κ3) is 2.32. The molecule has 0 bridgehead atoms. The first-order valence-electron chi connectivity index (χ1n) is 6.60. The molecule has 1 amide bonds. The summed E-state index contributed by atoms with van der Waals surface area (Å²) in [4.78, 5) is 10.9. The van der Waals surface area contributed by atoms with Gasteiger partial charge in [0.2, 0.25) is 0 Å². The third-order valence-corrected chi connectivity index (χ3v) is 3.74. The maximum Gasteiger partial charge on any atom is 0.410 e. The number of carbonyl (C=O) groups is 1. The van der Waals surface area contributed by atoms with Gasteiger partial charge in [-0.2, -0.15) is 5.10 Å². The predicted octanol–water partition coefficient (Wildman–Crippen LogP) is 2.37. The molecule has 1 aliphatic carbocycles. The monoisotopic (exact) mass is 265 g/mol. The molecule has 2 N–H and O–H groups in total. The lowest BCUT2D eigenvalue weighted by molar-refractivity contribution is 0.209. The summed E-state index contributed by atoms with van der Waals surface area (Å²) >= 11 is 0. The van der Waals surface area contributed by atoms with Gasteiger partial charge in [-0.15, -0.1) is 0 Å². The van der Waals surface area contributed by atoms with Crippen molar-refractivity contribution in [2.45, 2.75) is 57.3 Å². The highest BCUT2D eigenvalue weighted by Gasteiger charge is 2.49. The molecule has 1 saturated carbocycles. The molecular weight excluding hydrogens is 246 g/mol. The number of anilines is 1. The summed E-state index contributed by atoms with van der Waals surface area (Å²) in [5, 5.41) is 15.9. The van der Waals surface area contributed by atoms with E-state index in [2.05, 4.69) is 10.4 Å². The van der Waals surface area contributed by atoms with Crippen LogP contribution < -0.4 is 5.32 Å². The fourth-order valence-electron chi connectivity index (χ4n) is 2.80. The van der Waals surface area contributed by atoms with E-state index in [1.165, 1.54) is 0 Å². The first-order valence-corrected chi connectivity index (χ1v) is 6.60. The molecule has 2 fully saturated rings. The van der Waals surface area contributed by atoms with E-state index in [4.69, 9.17) is 9.84 Å². The average molecular weight is 265 g/mol. The summed E-state index contributed by atoms with van der Waals surface area (Å²) in [5.74, 6) is 0.929. The Morgan fingerprint density at radius 2 is 2.11 bits per heavy atom. The zero-order valence-electron chi connectivity index (χ0n) is 11.4. The summed E-state index contributed by atoms with van der Waals surface area (Å²) in [6, 6.07) is 1.86. The smallest absolute Gasteiger partial charge is 0.410 e. The van der Waals surface area contributed by atoms with Gasteiger partial charge < -0.3 is 9.84 Å². The van der Waals surface area contributed by atoms with Crippen LogP contribution in [0, 0.1) is 0 Å². The molecule has 0 radical (unpaired) electrons. The van der Waals surface area contributed by atoms with Crippen LogP contribution in [0.2, 0.25) is 0 Å². The number of hydrogen-bond donors (Lipinski definition) is 2. The van der Waals surface area contributed by atoms with Crippen LogP contribution in [0.5, 0.6) is 0 Å². The van der Waals surface area contributed by atoms with Gasteiger partial charge in [-0.05, 0) is 33.6 Å². The second-order valence-corrected chi connectivity index (χ2v) is 6.35. The minimum absolute atomic E-state index is 0.256. The Kier molecular flexibility index (Phi) is 2.60. The number of carboxylic acid groups (broad SMARTS) is 1. The second-order valence-electron chi connectivity index (χ2n) is 6.35. The molecule has 6 nitrogen and oxygen atoms in total. The molecule has 0 unspecified atom stereocenters. The van der Waals surface area contributed by atoms with Crippen LogP contribution in [0.1, 0.15) is 45.2 Å². The molecule has 0 spiro atoms. The van der Waals surface area contributed by atoms with Crippen LogP contribution in [-0.2, 0) is 10.3 Å². The van der Waals surface area contributed by atoms with Crippen LogP contribution in [0.15, 0.2) is 6.07 Å². The highest BCUT2D eigenvalue weighted by Crippen LogP contribution is 2.47. The van der Waals surface area contributed by atoms with E-state index >= 15 is 0 Å². The molecular formula is C13H19N3O3. The van der Waals surface area contributed by atoms with Crippen molar-refractivity contribution < 1.29 is 14.6 Å². The molecule has 0 aromatic carbocycles. The van der Waals surface area contributed by atoms with Gasteiger partial charge in [0.05, 0.1) is 23.4 Å². The van der Waals surface area contributed by atoms with Crippen molar-refractivity contribution in [3.63, 3.8) is 0 Å². The molecule has 1 aromatic rings. The Balaban J connectivity index is 1.89. The van der Waals surface area contributed by atoms with E-state index < -0.39 is 6.09 Å². The lowest BCUT2D eigenvalue weighted by atomic mass is 10.0. The van der Waals surface area contributed by atoms with Gasteiger partial charge >= 0.3 is 6.09 Å². The number of epoxide rings is 1. The fourth-order valence-corrected chi connectivity index (χ4v) is 2.80. The van der Waals surface area contributed by atoms with E-state index in [1.807, 2.05) is 26.8 Å². The lowest BCUT2D eigenvalue weighted by Crippen LogP contribution is -2.26. The van der Waals surface area contributed by atoms with Crippen LogP contribution in [0.4, 0.5) is 10.6 Å². The SMILES string of the molecule is CC(C)(C)n1nc([C@@H]2C[C@@H]3O[C@@H]3C2)cc1NC(=O)O. The average Bonchev–Trinajstić information content (AvgIpc) is 2.74. The van der Waals surface area contributed by atoms with Gasteiger partial charge in [0, 0.05) is 12.0 Å². The van der Waals surface area contributed by atoms with Gasteiger partial charge in [0.25, 0.3) is 0 Å². The Bertz CT molecular complexity index is 508. The molecule has 1 aromatic heterocycles. The summed E-state index contributed by atoms with van der Waals surface area (Å²) in [6.45, 7) is 6.02. The topological polar surface area (TPSA) is 79.7 Å². The zero-order valence-corrected chi connectivity index (χ0v) is 11.4. The highest BCUT2D eigenvalue weighted by molar-refractivity contribution is 5.81. The third-order valence-electron chi connectivity index (χ3n) is 3.74. The molecule has 2 aliphatic rings. The first kappa shape index (κ1) is 12.5. The van der Waals surface area contributed by atoms with Crippen LogP contribution in [0.3, 0.4) is 0 Å². The Hall–Kier alpha value is -1.56. The molecule has 104 valence electrons. The van der Waals surface area contributed by atoms with Gasteiger partial charge in [-0.25, -0.2) is 9.48 Å². The Labute approximate surface area is 111 Å². The van der Waals surface area contributed by atoms with Crippen molar-refractivity contribution in [1.82, 2.24) is 9.78 Å². The van der Waals surface area contributed by atoms with Gasteiger partial charge in [-0.3, -0.25) is 5.32 Å². The zero-order chi connectivity index (χ0) is 13.8. The van der Waals surface area contributed by atoms with Crippen molar-refractivity contribution in [2.75, 3.05) is 5.32 Å². The number of hydrogen-bond acceptors (Lipinski definition) is 3. The Morgan fingerprint density at radius 1 is 1.47 bits per heavy atom. The first-order chi connectivity index (χ1) is 8.84. The van der Waals surface area contributed by atoms with E-state index in [9.17, 15) is 4.79 Å². The standard InChI is InChI=1S/C13H19N3O3/c1-13(2,3)16-11(14-12(17)18)6-8(15-16)7-4-9-10(5-7)19-9/h6-7,9-10,14H,4-5H2,1-3H3,(H,17,18)/t7-,9+,10-. The van der Waals surface area contributed by atoms with Crippen molar-refractivity contribution >= 4 is 11.9 Å². The number of rotatable bonds is 2. The van der Waals surface area contributed by atoms with Crippen molar-refractivity contribution in [2.24, 2.45) is 0 Å². The molecule has 19 heavy (non-hydrogen) atoms. The normalized spacial score (nSPS) is 29.1. The van der Waals surface area contributed by atoms with Crippen LogP contribution in [0.25, 0.3) is 0 Å². The van der Waals surface area contributed by atoms with Crippen molar-refractivity contribution in [1.29, 1.82) is 0 Å². The fraction of sp³-hybridized carbons (Fsp3) is 0.692. The van der Waals surface area contributed by atoms with Crippen molar-refractivity contribution in [3.8, 4) is 0 Å². The van der Waals surface area contributed by atoms with Crippen molar-refractivity contribution in [3.05, 3.63) is 11.8 Å². The molecule has 6 heteroatoms. The molecule has 2 heterocycles. The predicted molar refractivity (Wildman–Crippen MR) is 69.5 cm³/mol. The van der Waals surface area contributed by atoms with E-state index in [0.29, 0.717) is 23.9 Å².